The van der Waals surface area contributed by atoms with Gasteiger partial charge in [0.1, 0.15) is 5.54 Å². The molecule has 2 aromatic carbocycles. The van der Waals surface area contributed by atoms with E-state index in [1.807, 2.05) is 47.4 Å². The standard InChI is InChI=1S/C26H29ClN4O4/c27-22-4-2-1-3-19(22)17-26(24(33)28-25(34)29-26)20-9-11-31(12-10-20)23(32)18-5-7-21(8-6-18)30-13-15-35-16-14-30/h1-8,20H,9-17H2,(H2,28,29,33,34)/t26-/m0/s1. The van der Waals surface area contributed by atoms with E-state index in [1.54, 1.807) is 6.07 Å². The van der Waals surface area contributed by atoms with Crippen molar-refractivity contribution in [2.45, 2.75) is 24.8 Å². The van der Waals surface area contributed by atoms with Crippen LogP contribution in [0.1, 0.15) is 28.8 Å². The first kappa shape index (κ1) is 23.6. The molecule has 2 N–H and O–H groups in total. The van der Waals surface area contributed by atoms with Crippen molar-refractivity contribution in [3.63, 3.8) is 0 Å². The van der Waals surface area contributed by atoms with Crippen LogP contribution in [0.2, 0.25) is 5.02 Å². The number of hydrogen-bond donors (Lipinski definition) is 2. The Hall–Kier alpha value is -3.10. The predicted octanol–water partition coefficient (Wildman–Crippen LogP) is 2.85. The van der Waals surface area contributed by atoms with Crippen LogP contribution in [0.4, 0.5) is 10.5 Å². The van der Waals surface area contributed by atoms with E-state index in [4.69, 9.17) is 16.3 Å². The number of urea groups is 1. The highest BCUT2D eigenvalue weighted by atomic mass is 35.5. The molecule has 0 bridgehead atoms. The van der Waals surface area contributed by atoms with Gasteiger partial charge in [0.05, 0.1) is 13.2 Å². The summed E-state index contributed by atoms with van der Waals surface area (Å²) in [6.07, 6.45) is 1.53. The van der Waals surface area contributed by atoms with Crippen molar-refractivity contribution in [3.8, 4) is 0 Å². The summed E-state index contributed by atoms with van der Waals surface area (Å²) in [5.74, 6) is -0.457. The number of likely N-dealkylation sites (tertiary alicyclic amines) is 1. The highest BCUT2D eigenvalue weighted by Gasteiger charge is 2.52. The Bertz CT molecular complexity index is 1110. The molecular formula is C26H29ClN4O4. The zero-order valence-corrected chi connectivity index (χ0v) is 20.2. The molecule has 3 aliphatic rings. The van der Waals surface area contributed by atoms with E-state index in [0.29, 0.717) is 56.2 Å². The van der Waals surface area contributed by atoms with Gasteiger partial charge in [0.2, 0.25) is 0 Å². The molecule has 35 heavy (non-hydrogen) atoms. The van der Waals surface area contributed by atoms with Crippen molar-refractivity contribution in [1.82, 2.24) is 15.5 Å². The van der Waals surface area contributed by atoms with Crippen molar-refractivity contribution in [2.75, 3.05) is 44.3 Å². The van der Waals surface area contributed by atoms with Crippen molar-refractivity contribution >= 4 is 35.1 Å². The van der Waals surface area contributed by atoms with Gasteiger partial charge in [-0.3, -0.25) is 14.9 Å². The first-order valence-electron chi connectivity index (χ1n) is 12.1. The number of carbonyl (C=O) groups excluding carboxylic acids is 3. The summed E-state index contributed by atoms with van der Waals surface area (Å²) in [4.78, 5) is 42.4. The molecule has 3 aliphatic heterocycles. The molecular weight excluding hydrogens is 468 g/mol. The van der Waals surface area contributed by atoms with Gasteiger partial charge in [0.25, 0.3) is 11.8 Å². The number of imide groups is 1. The van der Waals surface area contributed by atoms with Gasteiger partial charge in [-0.2, -0.15) is 0 Å². The molecule has 0 radical (unpaired) electrons. The fourth-order valence-corrected chi connectivity index (χ4v) is 5.60. The fourth-order valence-electron chi connectivity index (χ4n) is 5.40. The molecule has 0 unspecified atom stereocenters. The number of rotatable bonds is 5. The maximum Gasteiger partial charge on any atom is 0.322 e. The summed E-state index contributed by atoms with van der Waals surface area (Å²) in [5.41, 5.74) is 1.48. The highest BCUT2D eigenvalue weighted by Crippen LogP contribution is 2.35. The van der Waals surface area contributed by atoms with E-state index in [-0.39, 0.29) is 17.7 Å². The summed E-state index contributed by atoms with van der Waals surface area (Å²) in [7, 11) is 0. The number of halogens is 1. The Morgan fingerprint density at radius 1 is 1.00 bits per heavy atom. The first-order valence-corrected chi connectivity index (χ1v) is 12.4. The summed E-state index contributed by atoms with van der Waals surface area (Å²) < 4.78 is 5.41. The number of piperidine rings is 1. The molecule has 0 aromatic heterocycles. The molecule has 184 valence electrons. The molecule has 2 aromatic rings. The Balaban J connectivity index is 1.26. The minimum Gasteiger partial charge on any atom is -0.378 e. The molecule has 0 spiro atoms. The number of ether oxygens (including phenoxy) is 1. The summed E-state index contributed by atoms with van der Waals surface area (Å²) in [6, 6.07) is 14.6. The predicted molar refractivity (Wildman–Crippen MR) is 133 cm³/mol. The van der Waals surface area contributed by atoms with Crippen LogP contribution in [0.5, 0.6) is 0 Å². The fraction of sp³-hybridized carbons (Fsp3) is 0.423. The second kappa shape index (κ2) is 9.87. The Morgan fingerprint density at radius 2 is 1.69 bits per heavy atom. The van der Waals surface area contributed by atoms with Crippen molar-refractivity contribution in [3.05, 3.63) is 64.7 Å². The zero-order chi connectivity index (χ0) is 24.4. The number of nitrogens with one attached hydrogen (secondary N) is 2. The van der Waals surface area contributed by atoms with Gasteiger partial charge in [-0.15, -0.1) is 0 Å². The van der Waals surface area contributed by atoms with Gasteiger partial charge in [0, 0.05) is 48.9 Å². The van der Waals surface area contributed by atoms with E-state index in [2.05, 4.69) is 15.5 Å². The third-order valence-electron chi connectivity index (χ3n) is 7.37. The largest absolute Gasteiger partial charge is 0.378 e. The second-order valence-electron chi connectivity index (χ2n) is 9.36. The van der Waals surface area contributed by atoms with E-state index in [1.165, 1.54) is 0 Å². The first-order chi connectivity index (χ1) is 17.0. The SMILES string of the molecule is O=C1NC(=O)[C@](Cc2ccccc2Cl)(C2CCN(C(=O)c3ccc(N4CCOCC4)cc3)CC2)N1. The number of benzene rings is 2. The van der Waals surface area contributed by atoms with E-state index < -0.39 is 11.6 Å². The van der Waals surface area contributed by atoms with Crippen LogP contribution in [-0.4, -0.2) is 67.7 Å². The molecule has 0 saturated carbocycles. The lowest BCUT2D eigenvalue weighted by Crippen LogP contribution is -2.58. The van der Waals surface area contributed by atoms with Crippen molar-refractivity contribution in [1.29, 1.82) is 0 Å². The second-order valence-corrected chi connectivity index (χ2v) is 9.77. The number of hydrogen-bond acceptors (Lipinski definition) is 5. The Morgan fingerprint density at radius 3 is 2.31 bits per heavy atom. The van der Waals surface area contributed by atoms with Gasteiger partial charge >= 0.3 is 6.03 Å². The van der Waals surface area contributed by atoms with E-state index in [9.17, 15) is 14.4 Å². The lowest BCUT2D eigenvalue weighted by Gasteiger charge is -2.41. The molecule has 4 amide bonds. The summed E-state index contributed by atoms with van der Waals surface area (Å²) in [5, 5.41) is 5.88. The normalized spacial score (nSPS) is 23.2. The highest BCUT2D eigenvalue weighted by molar-refractivity contribution is 6.31. The molecule has 3 heterocycles. The number of anilines is 1. The quantitative estimate of drug-likeness (QED) is 0.621. The van der Waals surface area contributed by atoms with Crippen LogP contribution in [0.25, 0.3) is 0 Å². The van der Waals surface area contributed by atoms with Gasteiger partial charge < -0.3 is 19.9 Å². The van der Waals surface area contributed by atoms with E-state index in [0.717, 1.165) is 24.3 Å². The smallest absolute Gasteiger partial charge is 0.322 e. The molecule has 3 saturated heterocycles. The topological polar surface area (TPSA) is 91.0 Å². The average molecular weight is 497 g/mol. The number of morpholine rings is 1. The summed E-state index contributed by atoms with van der Waals surface area (Å²) >= 11 is 6.37. The number of amides is 4. The van der Waals surface area contributed by atoms with Crippen molar-refractivity contribution in [2.24, 2.45) is 5.92 Å². The van der Waals surface area contributed by atoms with E-state index >= 15 is 0 Å². The number of carbonyl (C=O) groups is 3. The minimum atomic E-state index is -1.07. The van der Waals surface area contributed by atoms with Crippen LogP contribution in [0.3, 0.4) is 0 Å². The molecule has 8 nitrogen and oxygen atoms in total. The van der Waals surface area contributed by atoms with Gasteiger partial charge in [-0.05, 0) is 54.7 Å². The third kappa shape index (κ3) is 4.73. The van der Waals surface area contributed by atoms with Crippen molar-refractivity contribution < 1.29 is 19.1 Å². The average Bonchev–Trinajstić information content (AvgIpc) is 3.19. The monoisotopic (exact) mass is 496 g/mol. The number of nitrogens with zero attached hydrogens (tertiary/aromatic N) is 2. The minimum absolute atomic E-state index is 0.0166. The molecule has 9 heteroatoms. The van der Waals surface area contributed by atoms with Gasteiger partial charge in [0.15, 0.2) is 0 Å². The summed E-state index contributed by atoms with van der Waals surface area (Å²) in [6.45, 7) is 4.16. The van der Waals surface area contributed by atoms with Crippen LogP contribution < -0.4 is 15.5 Å². The Labute approximate surface area is 209 Å². The van der Waals surface area contributed by atoms with Gasteiger partial charge in [-0.25, -0.2) is 4.79 Å². The van der Waals surface area contributed by atoms with Crippen LogP contribution in [0.15, 0.2) is 48.5 Å². The van der Waals surface area contributed by atoms with Gasteiger partial charge in [-0.1, -0.05) is 29.8 Å². The lowest BCUT2D eigenvalue weighted by atomic mass is 9.74. The van der Waals surface area contributed by atoms with Crippen LogP contribution >= 0.6 is 11.6 Å². The Kier molecular flexibility index (Phi) is 6.67. The molecule has 5 rings (SSSR count). The third-order valence-corrected chi connectivity index (χ3v) is 7.73. The maximum atomic E-state index is 13.2. The maximum absolute atomic E-state index is 13.2. The molecule has 0 aliphatic carbocycles. The molecule has 3 fully saturated rings. The zero-order valence-electron chi connectivity index (χ0n) is 19.5. The molecule has 1 atom stereocenters. The van der Waals surface area contributed by atoms with Crippen LogP contribution in [-0.2, 0) is 16.0 Å². The lowest BCUT2D eigenvalue weighted by molar-refractivity contribution is -0.126. The van der Waals surface area contributed by atoms with Crippen LogP contribution in [0, 0.1) is 5.92 Å².